The van der Waals surface area contributed by atoms with E-state index >= 15 is 0 Å². The summed E-state index contributed by atoms with van der Waals surface area (Å²) in [6, 6.07) is 0. The monoisotopic (exact) mass is 244 g/mol. The molecule has 0 fully saturated rings. The second-order valence-electron chi connectivity index (χ2n) is 3.11. The van der Waals surface area contributed by atoms with Crippen molar-refractivity contribution >= 4 is 0 Å². The van der Waals surface area contributed by atoms with Crippen LogP contribution in [-0.2, 0) is 14.2 Å². The molecule has 0 spiro atoms. The number of ether oxygens (including phenoxy) is 3. The predicted molar refractivity (Wildman–Crippen MR) is 53.1 cm³/mol. The summed E-state index contributed by atoms with van der Waals surface area (Å²) >= 11 is 0. The van der Waals surface area contributed by atoms with Crippen LogP contribution in [0.5, 0.6) is 0 Å². The smallest absolute Gasteiger partial charge is 0.381 e. The third-order valence-electron chi connectivity index (χ3n) is 1.73. The van der Waals surface area contributed by atoms with Crippen LogP contribution in [0.1, 0.15) is 26.7 Å². The molecular weight excluding hydrogens is 225 g/mol. The molecule has 0 rings (SSSR count). The minimum absolute atomic E-state index is 0.209. The first-order valence-electron chi connectivity index (χ1n) is 5.37. The van der Waals surface area contributed by atoms with E-state index in [1.165, 1.54) is 0 Å². The molecule has 0 bridgehead atoms. The van der Waals surface area contributed by atoms with Crippen molar-refractivity contribution < 1.29 is 27.4 Å². The Morgan fingerprint density at radius 3 is 2.00 bits per heavy atom. The van der Waals surface area contributed by atoms with Crippen LogP contribution in [-0.4, -0.2) is 38.9 Å². The molecule has 0 atom stereocenters. The third kappa shape index (κ3) is 10.2. The number of alkyl halides is 3. The standard InChI is InChI=1S/C10H19F3O3/c1-3-15-9(16-4-2)5-7-14-8-6-10(11,12)13/h9H,3-8H2,1-2H3. The summed E-state index contributed by atoms with van der Waals surface area (Å²) in [5.41, 5.74) is 0. The molecule has 0 aromatic rings. The summed E-state index contributed by atoms with van der Waals surface area (Å²) in [4.78, 5) is 0. The third-order valence-corrected chi connectivity index (χ3v) is 1.73. The highest BCUT2D eigenvalue weighted by Gasteiger charge is 2.26. The topological polar surface area (TPSA) is 27.7 Å². The molecule has 0 aliphatic carbocycles. The predicted octanol–water partition coefficient (Wildman–Crippen LogP) is 2.74. The number of hydrogen-bond donors (Lipinski definition) is 0. The lowest BCUT2D eigenvalue weighted by molar-refractivity contribution is -0.157. The number of rotatable bonds is 9. The van der Waals surface area contributed by atoms with Crippen molar-refractivity contribution in [2.45, 2.75) is 39.2 Å². The van der Waals surface area contributed by atoms with Crippen molar-refractivity contribution in [1.29, 1.82) is 0 Å². The highest BCUT2D eigenvalue weighted by atomic mass is 19.4. The lowest BCUT2D eigenvalue weighted by atomic mass is 10.4. The van der Waals surface area contributed by atoms with E-state index in [0.29, 0.717) is 19.6 Å². The van der Waals surface area contributed by atoms with Crippen LogP contribution in [0.3, 0.4) is 0 Å². The fourth-order valence-corrected chi connectivity index (χ4v) is 1.06. The van der Waals surface area contributed by atoms with Crippen LogP contribution in [0.15, 0.2) is 0 Å². The Labute approximate surface area is 93.9 Å². The first kappa shape index (κ1) is 15.7. The fraction of sp³-hybridized carbons (Fsp3) is 1.00. The maximum absolute atomic E-state index is 11.8. The zero-order valence-corrected chi connectivity index (χ0v) is 9.68. The fourth-order valence-electron chi connectivity index (χ4n) is 1.06. The van der Waals surface area contributed by atoms with Crippen LogP contribution < -0.4 is 0 Å². The Bertz CT molecular complexity index is 156. The first-order chi connectivity index (χ1) is 7.49. The molecule has 0 amide bonds. The van der Waals surface area contributed by atoms with Gasteiger partial charge in [-0.25, -0.2) is 0 Å². The summed E-state index contributed by atoms with van der Waals surface area (Å²) in [5, 5.41) is 0. The second-order valence-corrected chi connectivity index (χ2v) is 3.11. The summed E-state index contributed by atoms with van der Waals surface area (Å²) in [5.74, 6) is 0. The molecule has 16 heavy (non-hydrogen) atoms. The molecule has 0 aliphatic heterocycles. The van der Waals surface area contributed by atoms with Crippen LogP contribution >= 0.6 is 0 Å². The van der Waals surface area contributed by atoms with Crippen LogP contribution in [0.4, 0.5) is 13.2 Å². The lowest BCUT2D eigenvalue weighted by Crippen LogP contribution is -2.20. The largest absolute Gasteiger partial charge is 0.391 e. The van der Waals surface area contributed by atoms with E-state index in [1.54, 1.807) is 0 Å². The van der Waals surface area contributed by atoms with Gasteiger partial charge in [0.25, 0.3) is 0 Å². The summed E-state index contributed by atoms with van der Waals surface area (Å²) < 4.78 is 50.5. The minimum Gasteiger partial charge on any atom is -0.381 e. The Morgan fingerprint density at radius 1 is 1.00 bits per heavy atom. The van der Waals surface area contributed by atoms with Gasteiger partial charge in [-0.2, -0.15) is 13.2 Å². The van der Waals surface area contributed by atoms with Crippen molar-refractivity contribution in [3.8, 4) is 0 Å². The van der Waals surface area contributed by atoms with Crippen molar-refractivity contribution in [2.75, 3.05) is 26.4 Å². The molecule has 6 heteroatoms. The normalized spacial score (nSPS) is 12.4. The van der Waals surface area contributed by atoms with Gasteiger partial charge < -0.3 is 14.2 Å². The van der Waals surface area contributed by atoms with Gasteiger partial charge in [-0.15, -0.1) is 0 Å². The molecule has 98 valence electrons. The molecule has 0 aliphatic rings. The molecule has 0 N–H and O–H groups in total. The quantitative estimate of drug-likeness (QED) is 0.461. The first-order valence-corrected chi connectivity index (χ1v) is 5.37. The van der Waals surface area contributed by atoms with E-state index in [1.807, 2.05) is 13.8 Å². The summed E-state index contributed by atoms with van der Waals surface area (Å²) in [7, 11) is 0. The van der Waals surface area contributed by atoms with Crippen molar-refractivity contribution in [2.24, 2.45) is 0 Å². The summed E-state index contributed by atoms with van der Waals surface area (Å²) in [6.07, 6.45) is -5.01. The Balaban J connectivity index is 3.46. The van der Waals surface area contributed by atoms with E-state index in [0.717, 1.165) is 0 Å². The van der Waals surface area contributed by atoms with Gasteiger partial charge in [0, 0.05) is 19.6 Å². The highest BCUT2D eigenvalue weighted by Crippen LogP contribution is 2.19. The van der Waals surface area contributed by atoms with Crippen LogP contribution in [0.25, 0.3) is 0 Å². The number of hydrogen-bond acceptors (Lipinski definition) is 3. The molecule has 0 saturated heterocycles. The molecule has 0 unspecified atom stereocenters. The molecular formula is C10H19F3O3. The lowest BCUT2D eigenvalue weighted by Gasteiger charge is -2.16. The summed E-state index contributed by atoms with van der Waals surface area (Å²) in [6.45, 7) is 4.57. The Kier molecular flexibility index (Phi) is 8.60. The molecule has 0 aromatic heterocycles. The van der Waals surface area contributed by atoms with E-state index in [2.05, 4.69) is 0 Å². The molecule has 3 nitrogen and oxygen atoms in total. The van der Waals surface area contributed by atoms with Crippen LogP contribution in [0, 0.1) is 0 Å². The molecule has 0 aromatic carbocycles. The van der Waals surface area contributed by atoms with E-state index in [-0.39, 0.29) is 19.5 Å². The van der Waals surface area contributed by atoms with Gasteiger partial charge in [-0.1, -0.05) is 0 Å². The van der Waals surface area contributed by atoms with Gasteiger partial charge in [0.05, 0.1) is 19.6 Å². The molecule has 0 radical (unpaired) electrons. The zero-order valence-electron chi connectivity index (χ0n) is 9.68. The van der Waals surface area contributed by atoms with Gasteiger partial charge in [-0.3, -0.25) is 0 Å². The number of halogens is 3. The minimum atomic E-state index is -4.15. The SMILES string of the molecule is CCOC(CCOCCC(F)(F)F)OCC. The van der Waals surface area contributed by atoms with E-state index in [4.69, 9.17) is 14.2 Å². The Morgan fingerprint density at radius 2 is 1.56 bits per heavy atom. The highest BCUT2D eigenvalue weighted by molar-refractivity contribution is 4.49. The van der Waals surface area contributed by atoms with E-state index < -0.39 is 12.6 Å². The zero-order chi connectivity index (χ0) is 12.4. The molecule has 0 saturated carbocycles. The van der Waals surface area contributed by atoms with E-state index in [9.17, 15) is 13.2 Å². The van der Waals surface area contributed by atoms with Crippen molar-refractivity contribution in [1.82, 2.24) is 0 Å². The van der Waals surface area contributed by atoms with Gasteiger partial charge in [0.2, 0.25) is 0 Å². The van der Waals surface area contributed by atoms with Gasteiger partial charge in [0.1, 0.15) is 0 Å². The average molecular weight is 244 g/mol. The average Bonchev–Trinajstić information content (AvgIpc) is 2.16. The molecule has 0 heterocycles. The maximum atomic E-state index is 11.8. The van der Waals surface area contributed by atoms with Gasteiger partial charge in [-0.05, 0) is 13.8 Å². The van der Waals surface area contributed by atoms with Crippen LogP contribution in [0.2, 0.25) is 0 Å². The van der Waals surface area contributed by atoms with Crippen molar-refractivity contribution in [3.05, 3.63) is 0 Å². The second kappa shape index (κ2) is 8.78. The maximum Gasteiger partial charge on any atom is 0.391 e. The Hall–Kier alpha value is -0.330. The van der Waals surface area contributed by atoms with Gasteiger partial charge in [0.15, 0.2) is 6.29 Å². The van der Waals surface area contributed by atoms with Crippen molar-refractivity contribution in [3.63, 3.8) is 0 Å². The van der Waals surface area contributed by atoms with Gasteiger partial charge >= 0.3 is 6.18 Å².